The van der Waals surface area contributed by atoms with Gasteiger partial charge in [0.05, 0.1) is 36.6 Å². The van der Waals surface area contributed by atoms with Crippen LogP contribution in [0.5, 0.6) is 0 Å². The third kappa shape index (κ3) is 4.22. The molecule has 4 heterocycles. The Kier molecular flexibility index (Phi) is 4.97. The van der Waals surface area contributed by atoms with Gasteiger partial charge in [0, 0.05) is 50.8 Å². The van der Waals surface area contributed by atoms with Gasteiger partial charge in [0.25, 0.3) is 0 Å². The summed E-state index contributed by atoms with van der Waals surface area (Å²) >= 11 is 0. The highest BCUT2D eigenvalue weighted by molar-refractivity contribution is 5.76. The molecule has 8 nitrogen and oxygen atoms in total. The maximum Gasteiger partial charge on any atom is 0.222 e. The van der Waals surface area contributed by atoms with E-state index in [0.29, 0.717) is 13.0 Å². The van der Waals surface area contributed by atoms with Crippen LogP contribution in [0.2, 0.25) is 0 Å². The molecule has 27 heavy (non-hydrogen) atoms. The molecule has 0 fully saturated rings. The molecule has 0 unspecified atom stereocenters. The van der Waals surface area contributed by atoms with Crippen molar-refractivity contribution < 1.29 is 4.79 Å². The van der Waals surface area contributed by atoms with Crippen LogP contribution in [0.25, 0.3) is 0 Å². The summed E-state index contributed by atoms with van der Waals surface area (Å²) in [6.07, 6.45) is 7.85. The number of aromatic nitrogens is 5. The van der Waals surface area contributed by atoms with Crippen LogP contribution in [0.15, 0.2) is 49.1 Å². The van der Waals surface area contributed by atoms with Gasteiger partial charge in [-0.15, -0.1) is 0 Å². The van der Waals surface area contributed by atoms with Gasteiger partial charge in [-0.05, 0) is 18.2 Å². The van der Waals surface area contributed by atoms with Crippen LogP contribution in [-0.2, 0) is 31.5 Å². The number of nitrogens with one attached hydrogen (secondary N) is 1. The second-order valence-electron chi connectivity index (χ2n) is 6.91. The lowest BCUT2D eigenvalue weighted by molar-refractivity contribution is -0.122. The highest BCUT2D eigenvalue weighted by Gasteiger charge is 2.27. The predicted molar refractivity (Wildman–Crippen MR) is 99.3 cm³/mol. The number of aryl methyl sites for hydroxylation is 1. The summed E-state index contributed by atoms with van der Waals surface area (Å²) < 4.78 is 3.80. The quantitative estimate of drug-likeness (QED) is 0.712. The fraction of sp³-hybridized carbons (Fsp3) is 0.368. The van der Waals surface area contributed by atoms with Gasteiger partial charge in [-0.2, -0.15) is 10.2 Å². The van der Waals surface area contributed by atoms with E-state index >= 15 is 0 Å². The van der Waals surface area contributed by atoms with Crippen molar-refractivity contribution in [2.45, 2.75) is 32.1 Å². The first kappa shape index (κ1) is 17.4. The highest BCUT2D eigenvalue weighted by atomic mass is 16.1. The average molecular weight is 365 g/mol. The Morgan fingerprint density at radius 1 is 1.26 bits per heavy atom. The summed E-state index contributed by atoms with van der Waals surface area (Å²) in [7, 11) is 1.92. The van der Waals surface area contributed by atoms with E-state index in [-0.39, 0.29) is 11.9 Å². The van der Waals surface area contributed by atoms with Crippen LogP contribution < -0.4 is 5.32 Å². The van der Waals surface area contributed by atoms with Crippen molar-refractivity contribution in [3.8, 4) is 0 Å². The van der Waals surface area contributed by atoms with Crippen LogP contribution in [0.4, 0.5) is 0 Å². The van der Waals surface area contributed by atoms with E-state index in [1.807, 2.05) is 59.3 Å². The molecule has 0 saturated heterocycles. The predicted octanol–water partition coefficient (Wildman–Crippen LogP) is 1.27. The lowest BCUT2D eigenvalue weighted by Gasteiger charge is -2.33. The molecule has 140 valence electrons. The van der Waals surface area contributed by atoms with Crippen molar-refractivity contribution in [2.75, 3.05) is 6.54 Å². The van der Waals surface area contributed by atoms with E-state index in [9.17, 15) is 4.79 Å². The summed E-state index contributed by atoms with van der Waals surface area (Å²) in [4.78, 5) is 19.0. The maximum absolute atomic E-state index is 12.5. The fourth-order valence-corrected chi connectivity index (χ4v) is 3.53. The van der Waals surface area contributed by atoms with Gasteiger partial charge in [-0.25, -0.2) is 0 Å². The topological polar surface area (TPSA) is 80.9 Å². The molecule has 0 saturated carbocycles. The van der Waals surface area contributed by atoms with E-state index in [1.165, 1.54) is 5.56 Å². The molecule has 0 aliphatic carbocycles. The number of amides is 1. The molecule has 1 aliphatic heterocycles. The van der Waals surface area contributed by atoms with Crippen molar-refractivity contribution in [3.05, 3.63) is 66.0 Å². The molecule has 0 radical (unpaired) electrons. The molecule has 1 atom stereocenters. The molecule has 1 amide bonds. The van der Waals surface area contributed by atoms with Gasteiger partial charge < -0.3 is 5.32 Å². The number of nitrogens with zero attached hydrogens (tertiary/aromatic N) is 6. The van der Waals surface area contributed by atoms with Crippen molar-refractivity contribution in [1.29, 1.82) is 0 Å². The molecular weight excluding hydrogens is 342 g/mol. The molecule has 0 spiro atoms. The normalized spacial score (nSPS) is 16.9. The zero-order valence-corrected chi connectivity index (χ0v) is 15.3. The number of hydrogen-bond donors (Lipinski definition) is 1. The van der Waals surface area contributed by atoms with Gasteiger partial charge in [0.1, 0.15) is 0 Å². The van der Waals surface area contributed by atoms with Crippen molar-refractivity contribution in [1.82, 2.24) is 34.8 Å². The lowest BCUT2D eigenvalue weighted by atomic mass is 10.1. The van der Waals surface area contributed by atoms with Crippen molar-refractivity contribution in [3.63, 3.8) is 0 Å². The van der Waals surface area contributed by atoms with Gasteiger partial charge in [-0.3, -0.25) is 24.0 Å². The third-order valence-electron chi connectivity index (χ3n) is 4.73. The molecule has 3 aromatic rings. The first-order chi connectivity index (χ1) is 13.2. The molecule has 0 bridgehead atoms. The molecule has 1 N–H and O–H groups in total. The Balaban J connectivity index is 1.39. The number of pyridine rings is 1. The Labute approximate surface area is 157 Å². The molecule has 1 aliphatic rings. The van der Waals surface area contributed by atoms with Gasteiger partial charge in [-0.1, -0.05) is 6.07 Å². The standard InChI is InChI=1S/C19H23N7O/c1-24-11-15(9-23-24)12-25-13-17-5-7-22-26(17)18(14-25)8-19(27)21-10-16-4-2-3-6-20-16/h2-7,9,11,18H,8,10,12-14H2,1H3,(H,21,27)/t18-/m0/s1. The van der Waals surface area contributed by atoms with E-state index < -0.39 is 0 Å². The van der Waals surface area contributed by atoms with Crippen molar-refractivity contribution in [2.24, 2.45) is 7.05 Å². The fourth-order valence-electron chi connectivity index (χ4n) is 3.53. The Bertz CT molecular complexity index is 902. The summed E-state index contributed by atoms with van der Waals surface area (Å²) in [6, 6.07) is 7.73. The minimum Gasteiger partial charge on any atom is -0.350 e. The van der Waals surface area contributed by atoms with Gasteiger partial charge in [0.2, 0.25) is 5.91 Å². The second kappa shape index (κ2) is 7.71. The smallest absolute Gasteiger partial charge is 0.222 e. The van der Waals surface area contributed by atoms with Crippen LogP contribution >= 0.6 is 0 Å². The minimum absolute atomic E-state index is 0.00957. The SMILES string of the molecule is Cn1cc(CN2Cc3ccnn3[C@@H](CC(=O)NCc3ccccn3)C2)cn1. The molecule has 8 heteroatoms. The van der Waals surface area contributed by atoms with Crippen LogP contribution in [0, 0.1) is 0 Å². The first-order valence-electron chi connectivity index (χ1n) is 9.06. The van der Waals surface area contributed by atoms with Crippen LogP contribution in [0.3, 0.4) is 0 Å². The monoisotopic (exact) mass is 365 g/mol. The third-order valence-corrected chi connectivity index (χ3v) is 4.73. The molecular formula is C19H23N7O. The zero-order chi connectivity index (χ0) is 18.6. The summed E-state index contributed by atoms with van der Waals surface area (Å²) in [5.41, 5.74) is 3.16. The average Bonchev–Trinajstić information content (AvgIpc) is 3.30. The van der Waals surface area contributed by atoms with E-state index in [2.05, 4.69) is 25.4 Å². The second-order valence-corrected chi connectivity index (χ2v) is 6.91. The number of fused-ring (bicyclic) bond motifs is 1. The van der Waals surface area contributed by atoms with Crippen LogP contribution in [0.1, 0.15) is 29.4 Å². The largest absolute Gasteiger partial charge is 0.350 e. The number of hydrogen-bond acceptors (Lipinski definition) is 5. The molecule has 3 aromatic heterocycles. The number of rotatable bonds is 6. The number of carbonyl (C=O) groups is 1. The Morgan fingerprint density at radius 2 is 2.19 bits per heavy atom. The number of carbonyl (C=O) groups excluding carboxylic acids is 1. The summed E-state index contributed by atoms with van der Waals surface area (Å²) in [5.74, 6) is 0.00957. The minimum atomic E-state index is 0.00957. The summed E-state index contributed by atoms with van der Waals surface area (Å²) in [5, 5.41) is 11.6. The summed E-state index contributed by atoms with van der Waals surface area (Å²) in [6.45, 7) is 2.85. The Morgan fingerprint density at radius 3 is 2.96 bits per heavy atom. The first-order valence-corrected chi connectivity index (χ1v) is 9.06. The molecule has 4 rings (SSSR count). The van der Waals surface area contributed by atoms with E-state index in [4.69, 9.17) is 0 Å². The van der Waals surface area contributed by atoms with Gasteiger partial charge in [0.15, 0.2) is 0 Å². The lowest BCUT2D eigenvalue weighted by Crippen LogP contribution is -2.39. The van der Waals surface area contributed by atoms with Crippen molar-refractivity contribution >= 4 is 5.91 Å². The Hall–Kier alpha value is -3.00. The maximum atomic E-state index is 12.5. The van der Waals surface area contributed by atoms with E-state index in [0.717, 1.165) is 31.0 Å². The van der Waals surface area contributed by atoms with E-state index in [1.54, 1.807) is 6.20 Å². The van der Waals surface area contributed by atoms with Crippen LogP contribution in [-0.4, -0.2) is 41.9 Å². The zero-order valence-electron chi connectivity index (χ0n) is 15.3. The molecule has 0 aromatic carbocycles. The van der Waals surface area contributed by atoms with Gasteiger partial charge >= 0.3 is 0 Å². The highest BCUT2D eigenvalue weighted by Crippen LogP contribution is 2.24.